The van der Waals surface area contributed by atoms with E-state index >= 15 is 0 Å². The minimum Gasteiger partial charge on any atom is -0.507 e. The van der Waals surface area contributed by atoms with Crippen molar-refractivity contribution in [1.82, 2.24) is 4.90 Å². The highest BCUT2D eigenvalue weighted by atomic mass is 19.1. The van der Waals surface area contributed by atoms with Crippen LogP contribution >= 0.6 is 0 Å². The Bertz CT molecular complexity index is 921. The third-order valence-corrected chi connectivity index (χ3v) is 4.84. The molecule has 152 valence electrons. The van der Waals surface area contributed by atoms with E-state index in [2.05, 4.69) is 0 Å². The normalized spacial score (nSPS) is 18.3. The predicted octanol–water partition coefficient (Wildman–Crippen LogP) is 3.29. The van der Waals surface area contributed by atoms with Crippen molar-refractivity contribution in [2.45, 2.75) is 12.5 Å². The van der Waals surface area contributed by atoms with Crippen LogP contribution in [-0.4, -0.2) is 49.1 Å². The van der Waals surface area contributed by atoms with Gasteiger partial charge in [0, 0.05) is 25.8 Å². The van der Waals surface area contributed by atoms with Crippen LogP contribution < -0.4 is 4.74 Å². The van der Waals surface area contributed by atoms with E-state index in [4.69, 9.17) is 9.47 Å². The van der Waals surface area contributed by atoms with Crippen LogP contribution in [0.15, 0.2) is 54.1 Å². The minimum absolute atomic E-state index is 0.0239. The van der Waals surface area contributed by atoms with Crippen LogP contribution in [0.25, 0.3) is 5.76 Å². The van der Waals surface area contributed by atoms with Crippen molar-refractivity contribution in [3.8, 4) is 5.75 Å². The van der Waals surface area contributed by atoms with Gasteiger partial charge in [-0.05, 0) is 48.4 Å². The van der Waals surface area contributed by atoms with Crippen LogP contribution in [0.1, 0.15) is 23.6 Å². The highest BCUT2D eigenvalue weighted by molar-refractivity contribution is 6.46. The van der Waals surface area contributed by atoms with E-state index in [-0.39, 0.29) is 17.9 Å². The summed E-state index contributed by atoms with van der Waals surface area (Å²) < 4.78 is 23.6. The van der Waals surface area contributed by atoms with Gasteiger partial charge >= 0.3 is 0 Å². The number of hydrogen-bond donors (Lipinski definition) is 1. The first-order chi connectivity index (χ1) is 14.0. The Morgan fingerprint density at radius 1 is 1.07 bits per heavy atom. The number of ketones is 1. The quantitative estimate of drug-likeness (QED) is 0.335. The van der Waals surface area contributed by atoms with E-state index in [0.29, 0.717) is 29.9 Å². The maximum atomic E-state index is 13.4. The molecule has 0 aliphatic carbocycles. The molecule has 1 atom stereocenters. The molecule has 1 unspecified atom stereocenters. The summed E-state index contributed by atoms with van der Waals surface area (Å²) in [5.74, 6) is -1.60. The first kappa shape index (κ1) is 20.5. The highest BCUT2D eigenvalue weighted by Crippen LogP contribution is 2.39. The second kappa shape index (κ2) is 8.87. The molecular formula is C22H22FNO5. The van der Waals surface area contributed by atoms with Crippen molar-refractivity contribution in [3.63, 3.8) is 0 Å². The average Bonchev–Trinajstić information content (AvgIpc) is 2.99. The van der Waals surface area contributed by atoms with Crippen LogP contribution in [0.4, 0.5) is 4.39 Å². The Hall–Kier alpha value is -3.19. The highest BCUT2D eigenvalue weighted by Gasteiger charge is 2.45. The van der Waals surface area contributed by atoms with E-state index < -0.39 is 23.5 Å². The van der Waals surface area contributed by atoms with Gasteiger partial charge in [-0.2, -0.15) is 0 Å². The molecule has 29 heavy (non-hydrogen) atoms. The largest absolute Gasteiger partial charge is 0.507 e. The molecule has 2 aromatic carbocycles. The van der Waals surface area contributed by atoms with Gasteiger partial charge in [0.15, 0.2) is 0 Å². The van der Waals surface area contributed by atoms with Gasteiger partial charge in [-0.15, -0.1) is 0 Å². The van der Waals surface area contributed by atoms with E-state index in [1.165, 1.54) is 36.3 Å². The number of nitrogens with zero attached hydrogens (tertiary/aromatic N) is 1. The molecule has 0 radical (unpaired) electrons. The molecule has 6 nitrogen and oxygen atoms in total. The van der Waals surface area contributed by atoms with Crippen LogP contribution in [0.5, 0.6) is 5.75 Å². The summed E-state index contributed by atoms with van der Waals surface area (Å²) in [6.07, 6.45) is 0.518. The lowest BCUT2D eigenvalue weighted by Crippen LogP contribution is -2.31. The molecule has 0 aromatic heterocycles. The van der Waals surface area contributed by atoms with Gasteiger partial charge in [0.1, 0.15) is 17.3 Å². The number of methoxy groups -OCH3 is 2. The molecule has 1 saturated heterocycles. The summed E-state index contributed by atoms with van der Waals surface area (Å²) >= 11 is 0. The summed E-state index contributed by atoms with van der Waals surface area (Å²) in [5, 5.41) is 10.9. The third kappa shape index (κ3) is 4.14. The predicted molar refractivity (Wildman–Crippen MR) is 105 cm³/mol. The summed E-state index contributed by atoms with van der Waals surface area (Å²) in [6, 6.07) is 11.2. The SMILES string of the molecule is COCCCN1C(=O)C(=O)C(=C(O)c2ccc(OC)cc2)C1c1ccc(F)cc1. The fourth-order valence-corrected chi connectivity index (χ4v) is 3.39. The molecule has 0 spiro atoms. The molecule has 1 amide bonds. The van der Waals surface area contributed by atoms with Crippen LogP contribution in [0.2, 0.25) is 0 Å². The van der Waals surface area contributed by atoms with Gasteiger partial charge in [-0.25, -0.2) is 4.39 Å². The van der Waals surface area contributed by atoms with Crippen molar-refractivity contribution in [2.75, 3.05) is 27.4 Å². The topological polar surface area (TPSA) is 76.1 Å². The van der Waals surface area contributed by atoms with Crippen LogP contribution in [0, 0.1) is 5.82 Å². The standard InChI is InChI=1S/C22H22FNO5/c1-28-13-3-12-24-19(14-4-8-16(23)9-5-14)18(21(26)22(24)27)20(25)15-6-10-17(29-2)11-7-15/h4-11,19,25H,3,12-13H2,1-2H3. The lowest BCUT2D eigenvalue weighted by molar-refractivity contribution is -0.140. The zero-order chi connectivity index (χ0) is 21.0. The molecule has 1 aliphatic heterocycles. The lowest BCUT2D eigenvalue weighted by atomic mass is 9.95. The Labute approximate surface area is 168 Å². The van der Waals surface area contributed by atoms with Crippen molar-refractivity contribution in [2.24, 2.45) is 0 Å². The van der Waals surface area contributed by atoms with E-state index in [1.807, 2.05) is 0 Å². The van der Waals surface area contributed by atoms with Gasteiger partial charge in [0.25, 0.3) is 11.7 Å². The number of aliphatic hydroxyl groups is 1. The maximum Gasteiger partial charge on any atom is 0.295 e. The second-order valence-electron chi connectivity index (χ2n) is 6.62. The summed E-state index contributed by atoms with van der Waals surface area (Å²) in [5.41, 5.74) is 0.898. The molecule has 3 rings (SSSR count). The van der Waals surface area contributed by atoms with Crippen LogP contribution in [0.3, 0.4) is 0 Å². The number of halogens is 1. The molecule has 2 aromatic rings. The number of amides is 1. The Morgan fingerprint density at radius 2 is 1.72 bits per heavy atom. The summed E-state index contributed by atoms with van der Waals surface area (Å²) in [4.78, 5) is 26.9. The van der Waals surface area contributed by atoms with Crippen molar-refractivity contribution in [1.29, 1.82) is 0 Å². The second-order valence-corrected chi connectivity index (χ2v) is 6.62. The molecule has 0 bridgehead atoms. The number of rotatable bonds is 7. The molecule has 0 saturated carbocycles. The fraction of sp³-hybridized carbons (Fsp3) is 0.273. The van der Waals surface area contributed by atoms with E-state index in [1.54, 1.807) is 31.4 Å². The van der Waals surface area contributed by atoms with Gasteiger partial charge in [-0.3, -0.25) is 9.59 Å². The zero-order valence-corrected chi connectivity index (χ0v) is 16.2. The number of aliphatic hydroxyl groups excluding tert-OH is 1. The van der Waals surface area contributed by atoms with Crippen molar-refractivity contribution in [3.05, 3.63) is 71.0 Å². The molecule has 1 aliphatic rings. The molecule has 1 fully saturated rings. The summed E-state index contributed by atoms with van der Waals surface area (Å²) in [7, 11) is 3.07. The first-order valence-electron chi connectivity index (χ1n) is 9.15. The van der Waals surface area contributed by atoms with Gasteiger partial charge < -0.3 is 19.5 Å². The van der Waals surface area contributed by atoms with Gasteiger partial charge in [0.2, 0.25) is 0 Å². The monoisotopic (exact) mass is 399 g/mol. The van der Waals surface area contributed by atoms with Crippen LogP contribution in [-0.2, 0) is 14.3 Å². The molecular weight excluding hydrogens is 377 g/mol. The van der Waals surface area contributed by atoms with Gasteiger partial charge in [0.05, 0.1) is 18.7 Å². The Kier molecular flexibility index (Phi) is 6.29. The Morgan fingerprint density at radius 3 is 2.31 bits per heavy atom. The number of carbonyl (C=O) groups is 2. The fourth-order valence-electron chi connectivity index (χ4n) is 3.39. The van der Waals surface area contributed by atoms with Crippen molar-refractivity contribution >= 4 is 17.4 Å². The van der Waals surface area contributed by atoms with E-state index in [9.17, 15) is 19.1 Å². The lowest BCUT2D eigenvalue weighted by Gasteiger charge is -2.25. The number of likely N-dealkylation sites (tertiary alicyclic amines) is 1. The molecule has 1 heterocycles. The molecule has 1 N–H and O–H groups in total. The third-order valence-electron chi connectivity index (χ3n) is 4.84. The number of carbonyl (C=O) groups excluding carboxylic acids is 2. The smallest absolute Gasteiger partial charge is 0.295 e. The number of Topliss-reactive ketones (excluding diaryl/α,β-unsaturated/α-hetero) is 1. The number of hydrogen-bond acceptors (Lipinski definition) is 5. The van der Waals surface area contributed by atoms with Crippen molar-refractivity contribution < 1.29 is 28.6 Å². The molecule has 7 heteroatoms. The Balaban J connectivity index is 2.09. The number of ether oxygens (including phenoxy) is 2. The zero-order valence-electron chi connectivity index (χ0n) is 16.2. The summed E-state index contributed by atoms with van der Waals surface area (Å²) in [6.45, 7) is 0.678. The first-order valence-corrected chi connectivity index (χ1v) is 9.15. The van der Waals surface area contributed by atoms with E-state index in [0.717, 1.165) is 0 Å². The maximum absolute atomic E-state index is 13.4. The minimum atomic E-state index is -0.811. The number of benzene rings is 2. The van der Waals surface area contributed by atoms with Gasteiger partial charge in [-0.1, -0.05) is 12.1 Å². The average molecular weight is 399 g/mol.